The van der Waals surface area contributed by atoms with Gasteiger partial charge in [-0.25, -0.2) is 0 Å². The van der Waals surface area contributed by atoms with Crippen LogP contribution in [0.15, 0.2) is 0 Å². The Hall–Kier alpha value is -0.800. The van der Waals surface area contributed by atoms with Crippen LogP contribution in [-0.4, -0.2) is 42.8 Å². The van der Waals surface area contributed by atoms with E-state index in [1.54, 1.807) is 0 Å². The van der Waals surface area contributed by atoms with Crippen molar-refractivity contribution in [3.05, 3.63) is 0 Å². The molecule has 0 spiro atoms. The van der Waals surface area contributed by atoms with E-state index in [1.807, 2.05) is 18.7 Å². The van der Waals surface area contributed by atoms with Crippen LogP contribution in [0.4, 0.5) is 13.2 Å². The summed E-state index contributed by atoms with van der Waals surface area (Å²) in [7, 11) is 0. The maximum absolute atomic E-state index is 12.8. The first-order valence-electron chi connectivity index (χ1n) is 7.82. The maximum atomic E-state index is 12.8. The van der Waals surface area contributed by atoms with Gasteiger partial charge in [-0.3, -0.25) is 5.32 Å². The van der Waals surface area contributed by atoms with Crippen molar-refractivity contribution in [2.75, 3.05) is 26.2 Å². The summed E-state index contributed by atoms with van der Waals surface area (Å²) in [5, 5.41) is 12.5. The number of piperidine rings is 1. The Bertz CT molecular complexity index is 351. The topological polar surface area (TPSA) is 39.1 Å². The molecule has 1 aliphatic rings. The van der Waals surface area contributed by atoms with E-state index in [1.165, 1.54) is 0 Å². The molecule has 0 radical (unpaired) electrons. The fourth-order valence-electron chi connectivity index (χ4n) is 3.03. The lowest BCUT2D eigenvalue weighted by Crippen LogP contribution is -2.45. The molecule has 0 saturated carbocycles. The first kappa shape index (κ1) is 18.2. The molecule has 1 fully saturated rings. The standard InChI is InChI=1S/C15H26F3N3/c1-3-14(12-19,20-4-2)8-6-10-21-9-5-7-13(11-21)15(16,17)18/h13,20H,3-11H2,1-2H3. The monoisotopic (exact) mass is 305 g/mol. The highest BCUT2D eigenvalue weighted by Crippen LogP contribution is 2.33. The molecule has 0 aromatic rings. The summed E-state index contributed by atoms with van der Waals surface area (Å²) in [4.78, 5) is 1.89. The van der Waals surface area contributed by atoms with Crippen molar-refractivity contribution < 1.29 is 13.2 Å². The Balaban J connectivity index is 2.43. The molecule has 1 aliphatic heterocycles. The van der Waals surface area contributed by atoms with Gasteiger partial charge in [0.1, 0.15) is 5.54 Å². The van der Waals surface area contributed by atoms with Gasteiger partial charge in [0.2, 0.25) is 0 Å². The molecule has 1 rings (SSSR count). The molecule has 0 aromatic carbocycles. The zero-order valence-corrected chi connectivity index (χ0v) is 13.0. The van der Waals surface area contributed by atoms with E-state index in [0.717, 1.165) is 19.5 Å². The number of alkyl halides is 3. The number of halogens is 3. The number of nitrogens with zero attached hydrogens (tertiary/aromatic N) is 2. The molecular weight excluding hydrogens is 279 g/mol. The van der Waals surface area contributed by atoms with Crippen molar-refractivity contribution in [3.8, 4) is 6.07 Å². The van der Waals surface area contributed by atoms with Crippen LogP contribution in [0.1, 0.15) is 46.0 Å². The van der Waals surface area contributed by atoms with Gasteiger partial charge in [0.25, 0.3) is 0 Å². The van der Waals surface area contributed by atoms with Gasteiger partial charge in [-0.1, -0.05) is 13.8 Å². The van der Waals surface area contributed by atoms with E-state index in [0.29, 0.717) is 25.8 Å². The molecule has 3 nitrogen and oxygen atoms in total. The minimum absolute atomic E-state index is 0.108. The molecule has 0 amide bonds. The minimum Gasteiger partial charge on any atom is -0.303 e. The Morgan fingerprint density at radius 1 is 1.33 bits per heavy atom. The molecule has 0 aliphatic carbocycles. The number of nitrogens with one attached hydrogen (secondary N) is 1. The number of rotatable bonds is 7. The van der Waals surface area contributed by atoms with E-state index in [4.69, 9.17) is 0 Å². The van der Waals surface area contributed by atoms with Gasteiger partial charge < -0.3 is 4.90 Å². The molecule has 1 saturated heterocycles. The van der Waals surface area contributed by atoms with Crippen LogP contribution in [-0.2, 0) is 0 Å². The minimum atomic E-state index is -4.08. The number of hydrogen-bond acceptors (Lipinski definition) is 3. The van der Waals surface area contributed by atoms with Crippen molar-refractivity contribution in [2.45, 2.75) is 57.7 Å². The molecule has 122 valence electrons. The van der Waals surface area contributed by atoms with Gasteiger partial charge in [0.15, 0.2) is 0 Å². The van der Waals surface area contributed by atoms with Gasteiger partial charge in [0, 0.05) is 6.54 Å². The van der Waals surface area contributed by atoms with Crippen LogP contribution < -0.4 is 5.32 Å². The smallest absolute Gasteiger partial charge is 0.303 e. The van der Waals surface area contributed by atoms with Crippen molar-refractivity contribution in [1.82, 2.24) is 10.2 Å². The van der Waals surface area contributed by atoms with Gasteiger partial charge >= 0.3 is 6.18 Å². The third-order valence-electron chi connectivity index (χ3n) is 4.38. The quantitative estimate of drug-likeness (QED) is 0.784. The van der Waals surface area contributed by atoms with Crippen molar-refractivity contribution in [1.29, 1.82) is 5.26 Å². The van der Waals surface area contributed by atoms with Crippen LogP contribution >= 0.6 is 0 Å². The third-order valence-corrected chi connectivity index (χ3v) is 4.38. The van der Waals surface area contributed by atoms with Crippen LogP contribution in [0, 0.1) is 17.2 Å². The summed E-state index contributed by atoms with van der Waals surface area (Å²) in [6.45, 7) is 6.13. The van der Waals surface area contributed by atoms with Crippen molar-refractivity contribution >= 4 is 0 Å². The number of hydrogen-bond donors (Lipinski definition) is 1. The first-order chi connectivity index (χ1) is 9.87. The summed E-state index contributed by atoms with van der Waals surface area (Å²) in [6.07, 6.45) is -1.09. The molecule has 1 heterocycles. The molecular formula is C15H26F3N3. The first-order valence-corrected chi connectivity index (χ1v) is 7.82. The van der Waals surface area contributed by atoms with Crippen molar-refractivity contribution in [3.63, 3.8) is 0 Å². The lowest BCUT2D eigenvalue weighted by molar-refractivity contribution is -0.186. The molecule has 2 atom stereocenters. The van der Waals surface area contributed by atoms with E-state index in [-0.39, 0.29) is 13.0 Å². The Morgan fingerprint density at radius 2 is 2.05 bits per heavy atom. The largest absolute Gasteiger partial charge is 0.393 e. The second kappa shape index (κ2) is 8.00. The van der Waals surface area contributed by atoms with E-state index in [2.05, 4.69) is 11.4 Å². The number of likely N-dealkylation sites (tertiary alicyclic amines) is 1. The fourth-order valence-corrected chi connectivity index (χ4v) is 3.03. The average Bonchev–Trinajstić information content (AvgIpc) is 2.46. The van der Waals surface area contributed by atoms with Gasteiger partial charge in [-0.05, 0) is 51.7 Å². The summed E-state index contributed by atoms with van der Waals surface area (Å²) in [6, 6.07) is 2.33. The third kappa shape index (κ3) is 5.48. The Morgan fingerprint density at radius 3 is 2.57 bits per heavy atom. The van der Waals surface area contributed by atoms with E-state index < -0.39 is 17.6 Å². The highest BCUT2D eigenvalue weighted by atomic mass is 19.4. The van der Waals surface area contributed by atoms with Crippen molar-refractivity contribution in [2.24, 2.45) is 5.92 Å². The van der Waals surface area contributed by atoms with Crippen LogP contribution in [0.5, 0.6) is 0 Å². The maximum Gasteiger partial charge on any atom is 0.393 e. The summed E-state index contributed by atoms with van der Waals surface area (Å²) in [5.41, 5.74) is -0.534. The molecule has 6 heteroatoms. The van der Waals surface area contributed by atoms with Crippen LogP contribution in [0.2, 0.25) is 0 Å². The van der Waals surface area contributed by atoms with Gasteiger partial charge in [-0.15, -0.1) is 0 Å². The second-order valence-electron chi connectivity index (χ2n) is 5.86. The summed E-state index contributed by atoms with van der Waals surface area (Å²) in [5.74, 6) is -1.19. The normalized spacial score (nSPS) is 23.5. The molecule has 21 heavy (non-hydrogen) atoms. The van der Waals surface area contributed by atoms with Crippen LogP contribution in [0.25, 0.3) is 0 Å². The number of nitriles is 1. The Labute approximate surface area is 125 Å². The highest BCUT2D eigenvalue weighted by Gasteiger charge is 2.41. The average molecular weight is 305 g/mol. The van der Waals surface area contributed by atoms with E-state index >= 15 is 0 Å². The molecule has 2 unspecified atom stereocenters. The lowest BCUT2D eigenvalue weighted by atomic mass is 9.91. The Kier molecular flexibility index (Phi) is 6.95. The van der Waals surface area contributed by atoms with Gasteiger partial charge in [0.05, 0.1) is 12.0 Å². The molecule has 0 bridgehead atoms. The molecule has 1 N–H and O–H groups in total. The zero-order valence-electron chi connectivity index (χ0n) is 13.0. The second-order valence-corrected chi connectivity index (χ2v) is 5.86. The van der Waals surface area contributed by atoms with E-state index in [9.17, 15) is 18.4 Å². The fraction of sp³-hybridized carbons (Fsp3) is 0.933. The predicted octanol–water partition coefficient (Wildman–Crippen LogP) is 3.32. The van der Waals surface area contributed by atoms with Crippen LogP contribution in [0.3, 0.4) is 0 Å². The summed E-state index contributed by atoms with van der Waals surface area (Å²) < 4.78 is 38.3. The SMILES string of the molecule is CCNC(C#N)(CC)CCCN1CCCC(C(F)(F)F)C1. The predicted molar refractivity (Wildman–Crippen MR) is 76.8 cm³/mol. The van der Waals surface area contributed by atoms with Gasteiger partial charge in [-0.2, -0.15) is 18.4 Å². The zero-order chi connectivity index (χ0) is 15.9. The highest BCUT2D eigenvalue weighted by molar-refractivity contribution is 5.06. The lowest BCUT2D eigenvalue weighted by Gasteiger charge is -2.34. The molecule has 0 aromatic heterocycles. The summed E-state index contributed by atoms with van der Waals surface area (Å²) >= 11 is 0.